The van der Waals surface area contributed by atoms with Crippen LogP contribution in [0, 0.1) is 18.3 Å². The van der Waals surface area contributed by atoms with Crippen molar-refractivity contribution in [2.45, 2.75) is 20.3 Å². The molecule has 0 saturated heterocycles. The van der Waals surface area contributed by atoms with Crippen molar-refractivity contribution < 1.29 is 9.53 Å². The number of rotatable bonds is 7. The van der Waals surface area contributed by atoms with E-state index in [9.17, 15) is 10.1 Å². The van der Waals surface area contributed by atoms with Crippen molar-refractivity contribution in [2.75, 3.05) is 11.9 Å². The summed E-state index contributed by atoms with van der Waals surface area (Å²) in [6.07, 6.45) is 2.41. The molecular weight excluding hydrogens is 382 g/mol. The number of allylic oxidation sites excluding steroid dienone is 1. The Hall–Kier alpha value is -3.43. The average molecular weight is 404 g/mol. The number of nitriles is 1. The van der Waals surface area contributed by atoms with Gasteiger partial charge in [-0.15, -0.1) is 11.3 Å². The SMILES string of the molecule is CCCOC(=O)c1ccc(NC=C(C#N)c2nc(-c3ccc(C)cc3)cs2)cc1. The van der Waals surface area contributed by atoms with Gasteiger partial charge in [-0.2, -0.15) is 5.26 Å². The van der Waals surface area contributed by atoms with E-state index in [1.54, 1.807) is 30.5 Å². The second-order valence-corrected chi connectivity index (χ2v) is 7.29. The molecule has 1 N–H and O–H groups in total. The van der Waals surface area contributed by atoms with Gasteiger partial charge in [-0.3, -0.25) is 0 Å². The Labute approximate surface area is 174 Å². The van der Waals surface area contributed by atoms with Crippen molar-refractivity contribution in [3.8, 4) is 17.3 Å². The molecule has 146 valence electrons. The van der Waals surface area contributed by atoms with Gasteiger partial charge in [0.05, 0.1) is 17.9 Å². The maximum Gasteiger partial charge on any atom is 0.338 e. The summed E-state index contributed by atoms with van der Waals surface area (Å²) < 4.78 is 5.11. The van der Waals surface area contributed by atoms with Crippen molar-refractivity contribution in [3.63, 3.8) is 0 Å². The smallest absolute Gasteiger partial charge is 0.338 e. The molecule has 0 saturated carbocycles. The molecule has 0 aliphatic carbocycles. The van der Waals surface area contributed by atoms with Crippen LogP contribution >= 0.6 is 11.3 Å². The first-order valence-corrected chi connectivity index (χ1v) is 10.2. The Balaban J connectivity index is 1.70. The van der Waals surface area contributed by atoms with Gasteiger partial charge in [0.1, 0.15) is 16.6 Å². The molecular formula is C23H21N3O2S. The molecule has 3 aromatic rings. The topological polar surface area (TPSA) is 75.0 Å². The monoisotopic (exact) mass is 403 g/mol. The van der Waals surface area contributed by atoms with E-state index in [4.69, 9.17) is 4.74 Å². The maximum atomic E-state index is 11.8. The first kappa shape index (κ1) is 20.3. The molecule has 0 atom stereocenters. The Morgan fingerprint density at radius 3 is 2.59 bits per heavy atom. The molecule has 3 rings (SSSR count). The number of benzene rings is 2. The fraction of sp³-hybridized carbons (Fsp3) is 0.174. The minimum atomic E-state index is -0.335. The van der Waals surface area contributed by atoms with Crippen molar-refractivity contribution >= 4 is 28.6 Å². The molecule has 0 bridgehead atoms. The van der Waals surface area contributed by atoms with Gasteiger partial charge in [0.25, 0.3) is 0 Å². The number of thiazole rings is 1. The van der Waals surface area contributed by atoms with Crippen LogP contribution in [0.1, 0.15) is 34.3 Å². The standard InChI is InChI=1S/C23H21N3O2S/c1-3-12-28-23(27)18-8-10-20(11-9-18)25-14-19(13-24)22-26-21(15-29-22)17-6-4-16(2)5-7-17/h4-11,14-15,25H,3,12H2,1-2H3. The molecule has 5 nitrogen and oxygen atoms in total. The molecule has 0 spiro atoms. The van der Waals surface area contributed by atoms with Gasteiger partial charge in [0.15, 0.2) is 0 Å². The number of hydrogen-bond donors (Lipinski definition) is 1. The quantitative estimate of drug-likeness (QED) is 0.407. The van der Waals surface area contributed by atoms with Crippen molar-refractivity contribution in [2.24, 2.45) is 0 Å². The lowest BCUT2D eigenvalue weighted by Crippen LogP contribution is -2.05. The van der Waals surface area contributed by atoms with E-state index in [1.165, 1.54) is 16.9 Å². The minimum Gasteiger partial charge on any atom is -0.462 e. The number of carbonyl (C=O) groups is 1. The fourth-order valence-corrected chi connectivity index (χ4v) is 3.33. The third-order valence-electron chi connectivity index (χ3n) is 4.14. The highest BCUT2D eigenvalue weighted by atomic mass is 32.1. The van der Waals surface area contributed by atoms with Gasteiger partial charge < -0.3 is 10.1 Å². The maximum absolute atomic E-state index is 11.8. The van der Waals surface area contributed by atoms with Crippen LogP contribution in [0.2, 0.25) is 0 Å². The third kappa shape index (κ3) is 5.31. The predicted octanol–water partition coefficient (Wildman–Crippen LogP) is 5.66. The zero-order valence-corrected chi connectivity index (χ0v) is 17.1. The molecule has 2 aromatic carbocycles. The predicted molar refractivity (Wildman–Crippen MR) is 117 cm³/mol. The summed E-state index contributed by atoms with van der Waals surface area (Å²) in [7, 11) is 0. The Bertz CT molecular complexity index is 1040. The zero-order valence-electron chi connectivity index (χ0n) is 16.3. The van der Waals surface area contributed by atoms with E-state index < -0.39 is 0 Å². The molecule has 0 amide bonds. The summed E-state index contributed by atoms with van der Waals surface area (Å²) in [6.45, 7) is 4.40. The Kier molecular flexibility index (Phi) is 6.77. The summed E-state index contributed by atoms with van der Waals surface area (Å²) in [5, 5.41) is 15.2. The highest BCUT2D eigenvalue weighted by Crippen LogP contribution is 2.26. The summed E-state index contributed by atoms with van der Waals surface area (Å²) in [5.41, 5.74) is 4.77. The van der Waals surface area contributed by atoms with Crippen LogP contribution in [0.5, 0.6) is 0 Å². The Morgan fingerprint density at radius 2 is 1.93 bits per heavy atom. The highest BCUT2D eigenvalue weighted by molar-refractivity contribution is 7.11. The zero-order chi connectivity index (χ0) is 20.6. The molecule has 6 heteroatoms. The van der Waals surface area contributed by atoms with E-state index in [-0.39, 0.29) is 5.97 Å². The fourth-order valence-electron chi connectivity index (χ4n) is 2.53. The van der Waals surface area contributed by atoms with E-state index in [0.29, 0.717) is 22.8 Å². The molecule has 0 aliphatic heterocycles. The summed E-state index contributed by atoms with van der Waals surface area (Å²) in [5.74, 6) is -0.335. The van der Waals surface area contributed by atoms with Crippen LogP contribution in [0.15, 0.2) is 60.1 Å². The van der Waals surface area contributed by atoms with E-state index >= 15 is 0 Å². The highest BCUT2D eigenvalue weighted by Gasteiger charge is 2.09. The number of ether oxygens (including phenoxy) is 1. The molecule has 0 fully saturated rings. The van der Waals surface area contributed by atoms with Crippen LogP contribution in [-0.2, 0) is 4.74 Å². The van der Waals surface area contributed by atoms with Gasteiger partial charge in [0.2, 0.25) is 0 Å². The van der Waals surface area contributed by atoms with Gasteiger partial charge >= 0.3 is 5.97 Å². The lowest BCUT2D eigenvalue weighted by molar-refractivity contribution is 0.0505. The third-order valence-corrected chi connectivity index (χ3v) is 5.02. The normalized spacial score (nSPS) is 11.0. The van der Waals surface area contributed by atoms with Crippen LogP contribution in [-0.4, -0.2) is 17.6 Å². The van der Waals surface area contributed by atoms with Crippen LogP contribution in [0.3, 0.4) is 0 Å². The van der Waals surface area contributed by atoms with E-state index in [2.05, 4.69) is 16.4 Å². The number of aryl methyl sites for hydroxylation is 1. The first-order chi connectivity index (χ1) is 14.1. The number of esters is 1. The number of anilines is 1. The summed E-state index contributed by atoms with van der Waals surface area (Å²) in [4.78, 5) is 16.4. The second kappa shape index (κ2) is 9.67. The molecule has 1 heterocycles. The number of nitrogens with zero attached hydrogens (tertiary/aromatic N) is 2. The minimum absolute atomic E-state index is 0.335. The average Bonchev–Trinajstić information content (AvgIpc) is 3.23. The van der Waals surface area contributed by atoms with E-state index in [0.717, 1.165) is 23.4 Å². The molecule has 0 radical (unpaired) electrons. The number of hydrogen-bond acceptors (Lipinski definition) is 6. The summed E-state index contributed by atoms with van der Waals surface area (Å²) >= 11 is 1.43. The lowest BCUT2D eigenvalue weighted by atomic mass is 10.1. The van der Waals surface area contributed by atoms with Gasteiger partial charge in [0, 0.05) is 22.8 Å². The van der Waals surface area contributed by atoms with Crippen LogP contribution in [0.4, 0.5) is 5.69 Å². The Morgan fingerprint density at radius 1 is 1.21 bits per heavy atom. The largest absolute Gasteiger partial charge is 0.462 e. The molecule has 1 aromatic heterocycles. The second-order valence-electron chi connectivity index (χ2n) is 6.43. The molecule has 0 aliphatic rings. The first-order valence-electron chi connectivity index (χ1n) is 9.27. The lowest BCUT2D eigenvalue weighted by Gasteiger charge is -2.05. The molecule has 29 heavy (non-hydrogen) atoms. The number of aromatic nitrogens is 1. The van der Waals surface area contributed by atoms with Crippen LogP contribution < -0.4 is 5.32 Å². The van der Waals surface area contributed by atoms with Gasteiger partial charge in [-0.1, -0.05) is 36.8 Å². The van der Waals surface area contributed by atoms with Gasteiger partial charge in [-0.25, -0.2) is 9.78 Å². The summed E-state index contributed by atoms with van der Waals surface area (Å²) in [6, 6.07) is 17.2. The van der Waals surface area contributed by atoms with Crippen LogP contribution in [0.25, 0.3) is 16.8 Å². The van der Waals surface area contributed by atoms with Crippen molar-refractivity contribution in [1.82, 2.24) is 4.98 Å². The van der Waals surface area contributed by atoms with Crippen molar-refractivity contribution in [1.29, 1.82) is 5.26 Å². The van der Waals surface area contributed by atoms with E-state index in [1.807, 2.05) is 43.5 Å². The number of carbonyl (C=O) groups excluding carboxylic acids is 1. The van der Waals surface area contributed by atoms with Gasteiger partial charge in [-0.05, 0) is 37.6 Å². The number of nitrogens with one attached hydrogen (secondary N) is 1. The molecule has 0 unspecified atom stereocenters. The van der Waals surface area contributed by atoms with Crippen molar-refractivity contribution in [3.05, 3.63) is 76.2 Å².